The Kier molecular flexibility index (Phi) is 3.10. The van der Waals surface area contributed by atoms with Gasteiger partial charge in [0, 0.05) is 37.9 Å². The number of hydrogen-bond acceptors (Lipinski definition) is 1. The van der Waals surface area contributed by atoms with E-state index in [-0.39, 0.29) is 12.0 Å². The highest BCUT2D eigenvalue weighted by atomic mass is 35.5. The number of nitrogens with zero attached hydrogens (tertiary/aromatic N) is 1. The van der Waals surface area contributed by atoms with Gasteiger partial charge in [0.25, 0.3) is 0 Å². The molecule has 0 amide bonds. The van der Waals surface area contributed by atoms with E-state index >= 15 is 0 Å². The van der Waals surface area contributed by atoms with E-state index in [0.717, 1.165) is 21.8 Å². The van der Waals surface area contributed by atoms with Gasteiger partial charge in [-0.1, -0.05) is 23.2 Å². The summed E-state index contributed by atoms with van der Waals surface area (Å²) in [5, 5.41) is 12.6. The van der Waals surface area contributed by atoms with Gasteiger partial charge < -0.3 is 9.67 Å². The molecule has 0 atom stereocenters. The maximum Gasteiger partial charge on any atom is 0.306 e. The second-order valence-electron chi connectivity index (χ2n) is 5.85. The second-order valence-corrected chi connectivity index (χ2v) is 6.73. The number of aliphatic carboxylic acids is 1. The number of aromatic nitrogens is 1. The standard InChI is InChI=1S/C17H13Cl2NO2/c18-10-1-3-15-13(7-10)14-8-11(19)2-4-16(14)20(15)12-5-9(6-12)17(21)22/h1-4,7-9,12H,5-6H2,(H,21,22)/t9-,12+. The van der Waals surface area contributed by atoms with Crippen LogP contribution in [-0.2, 0) is 4.79 Å². The Balaban J connectivity index is 1.94. The second kappa shape index (κ2) is 4.90. The molecule has 0 unspecified atom stereocenters. The van der Waals surface area contributed by atoms with Gasteiger partial charge in [0.2, 0.25) is 0 Å². The summed E-state index contributed by atoms with van der Waals surface area (Å²) >= 11 is 12.3. The van der Waals surface area contributed by atoms with Gasteiger partial charge in [-0.15, -0.1) is 0 Å². The van der Waals surface area contributed by atoms with Crippen LogP contribution in [0, 0.1) is 5.92 Å². The van der Waals surface area contributed by atoms with Gasteiger partial charge in [-0.05, 0) is 49.2 Å². The fourth-order valence-electron chi connectivity index (χ4n) is 3.39. The lowest BCUT2D eigenvalue weighted by Gasteiger charge is -2.34. The van der Waals surface area contributed by atoms with Crippen LogP contribution in [-0.4, -0.2) is 15.6 Å². The Morgan fingerprint density at radius 1 is 1.00 bits per heavy atom. The number of rotatable bonds is 2. The predicted octanol–water partition coefficient (Wildman–Crippen LogP) is 5.14. The molecule has 1 fully saturated rings. The zero-order chi connectivity index (χ0) is 15.4. The van der Waals surface area contributed by atoms with E-state index in [4.69, 9.17) is 28.3 Å². The van der Waals surface area contributed by atoms with Gasteiger partial charge in [0.05, 0.1) is 5.92 Å². The van der Waals surface area contributed by atoms with Crippen LogP contribution in [0.25, 0.3) is 21.8 Å². The molecule has 112 valence electrons. The van der Waals surface area contributed by atoms with Crippen molar-refractivity contribution in [3.8, 4) is 0 Å². The highest BCUT2D eigenvalue weighted by molar-refractivity contribution is 6.33. The van der Waals surface area contributed by atoms with Gasteiger partial charge >= 0.3 is 5.97 Å². The average Bonchev–Trinajstić information content (AvgIpc) is 2.71. The van der Waals surface area contributed by atoms with Crippen LogP contribution in [0.15, 0.2) is 36.4 Å². The molecule has 1 aromatic heterocycles. The predicted molar refractivity (Wildman–Crippen MR) is 88.9 cm³/mol. The highest BCUT2D eigenvalue weighted by Gasteiger charge is 2.36. The lowest BCUT2D eigenvalue weighted by atomic mass is 9.80. The first kappa shape index (κ1) is 13.9. The van der Waals surface area contributed by atoms with E-state index in [1.54, 1.807) is 0 Å². The van der Waals surface area contributed by atoms with Crippen molar-refractivity contribution in [3.05, 3.63) is 46.4 Å². The van der Waals surface area contributed by atoms with Crippen LogP contribution in [0.3, 0.4) is 0 Å². The summed E-state index contributed by atoms with van der Waals surface area (Å²) in [7, 11) is 0. The zero-order valence-electron chi connectivity index (χ0n) is 11.6. The fraction of sp³-hybridized carbons (Fsp3) is 0.235. The fourth-order valence-corrected chi connectivity index (χ4v) is 3.74. The van der Waals surface area contributed by atoms with Crippen molar-refractivity contribution >= 4 is 51.0 Å². The average molecular weight is 334 g/mol. The van der Waals surface area contributed by atoms with Crippen molar-refractivity contribution in [2.24, 2.45) is 5.92 Å². The Morgan fingerprint density at radius 2 is 1.50 bits per heavy atom. The number of hydrogen-bond donors (Lipinski definition) is 1. The third-order valence-electron chi connectivity index (χ3n) is 4.55. The SMILES string of the molecule is O=C(O)[C@H]1C[C@@H](n2c3ccc(Cl)cc3c3cc(Cl)ccc32)C1. The number of benzene rings is 2. The maximum atomic E-state index is 11.1. The van der Waals surface area contributed by atoms with Crippen molar-refractivity contribution in [3.63, 3.8) is 0 Å². The quantitative estimate of drug-likeness (QED) is 0.705. The summed E-state index contributed by atoms with van der Waals surface area (Å²) in [6, 6.07) is 11.8. The van der Waals surface area contributed by atoms with Crippen LogP contribution >= 0.6 is 23.2 Å². The molecule has 2 aromatic carbocycles. The molecule has 0 bridgehead atoms. The molecule has 0 saturated heterocycles. The van der Waals surface area contributed by atoms with Crippen LogP contribution in [0.5, 0.6) is 0 Å². The Morgan fingerprint density at radius 3 is 1.95 bits per heavy atom. The molecule has 3 nitrogen and oxygen atoms in total. The molecular formula is C17H13Cl2NO2. The summed E-state index contributed by atoms with van der Waals surface area (Å²) in [6.45, 7) is 0. The van der Waals surface area contributed by atoms with E-state index in [1.807, 2.05) is 36.4 Å². The smallest absolute Gasteiger partial charge is 0.306 e. The normalized spacial score (nSPS) is 21.2. The Bertz CT molecular complexity index is 851. The molecule has 3 aromatic rings. The highest BCUT2D eigenvalue weighted by Crippen LogP contribution is 2.44. The molecule has 5 heteroatoms. The third kappa shape index (κ3) is 2.00. The van der Waals surface area contributed by atoms with Crippen molar-refractivity contribution < 1.29 is 9.90 Å². The zero-order valence-corrected chi connectivity index (χ0v) is 13.1. The van der Waals surface area contributed by atoms with Crippen LogP contribution in [0.1, 0.15) is 18.9 Å². The largest absolute Gasteiger partial charge is 0.481 e. The number of carbonyl (C=O) groups is 1. The molecule has 1 saturated carbocycles. The summed E-state index contributed by atoms with van der Waals surface area (Å²) in [6.07, 6.45) is 1.33. The van der Waals surface area contributed by atoms with Crippen molar-refractivity contribution in [1.29, 1.82) is 0 Å². The minimum absolute atomic E-state index is 0.212. The first-order valence-corrected chi connectivity index (χ1v) is 7.91. The van der Waals surface area contributed by atoms with Crippen molar-refractivity contribution in [2.75, 3.05) is 0 Å². The molecule has 1 aliphatic carbocycles. The van der Waals surface area contributed by atoms with E-state index in [0.29, 0.717) is 22.9 Å². The van der Waals surface area contributed by atoms with Gasteiger partial charge in [-0.3, -0.25) is 4.79 Å². The monoisotopic (exact) mass is 333 g/mol. The number of halogens is 2. The van der Waals surface area contributed by atoms with Crippen LogP contribution in [0.4, 0.5) is 0 Å². The molecule has 1 N–H and O–H groups in total. The summed E-state index contributed by atoms with van der Waals surface area (Å²) in [5.41, 5.74) is 2.16. The van der Waals surface area contributed by atoms with E-state index < -0.39 is 5.97 Å². The third-order valence-corrected chi connectivity index (χ3v) is 5.02. The van der Waals surface area contributed by atoms with Crippen molar-refractivity contribution in [1.82, 2.24) is 4.57 Å². The molecule has 0 aliphatic heterocycles. The molecule has 1 aliphatic rings. The van der Waals surface area contributed by atoms with Crippen LogP contribution in [0.2, 0.25) is 10.0 Å². The summed E-state index contributed by atoms with van der Waals surface area (Å²) < 4.78 is 2.23. The Hall–Kier alpha value is -1.71. The molecular weight excluding hydrogens is 321 g/mol. The number of carboxylic acid groups (broad SMARTS) is 1. The topological polar surface area (TPSA) is 42.2 Å². The Labute approximate surface area is 137 Å². The first-order chi connectivity index (χ1) is 10.5. The van der Waals surface area contributed by atoms with E-state index in [9.17, 15) is 4.79 Å². The minimum Gasteiger partial charge on any atom is -0.481 e. The van der Waals surface area contributed by atoms with Crippen LogP contribution < -0.4 is 0 Å². The molecule has 22 heavy (non-hydrogen) atoms. The number of carboxylic acids is 1. The van der Waals surface area contributed by atoms with Gasteiger partial charge in [-0.25, -0.2) is 0 Å². The molecule has 0 radical (unpaired) electrons. The first-order valence-electron chi connectivity index (χ1n) is 7.16. The summed E-state index contributed by atoms with van der Waals surface area (Å²) in [4.78, 5) is 11.1. The minimum atomic E-state index is -0.705. The molecule has 4 rings (SSSR count). The number of fused-ring (bicyclic) bond motifs is 3. The molecule has 1 heterocycles. The van der Waals surface area contributed by atoms with Gasteiger partial charge in [-0.2, -0.15) is 0 Å². The van der Waals surface area contributed by atoms with Gasteiger partial charge in [0.1, 0.15) is 0 Å². The maximum absolute atomic E-state index is 11.1. The van der Waals surface area contributed by atoms with E-state index in [1.165, 1.54) is 0 Å². The van der Waals surface area contributed by atoms with Crippen molar-refractivity contribution in [2.45, 2.75) is 18.9 Å². The molecule has 0 spiro atoms. The van der Waals surface area contributed by atoms with Gasteiger partial charge in [0.15, 0.2) is 0 Å². The lowest BCUT2D eigenvalue weighted by molar-refractivity contribution is -0.145. The van der Waals surface area contributed by atoms with E-state index in [2.05, 4.69) is 4.57 Å². The summed E-state index contributed by atoms with van der Waals surface area (Å²) in [5.74, 6) is -0.944. The lowest BCUT2D eigenvalue weighted by Crippen LogP contribution is -2.32.